The molecule has 3 aliphatic heterocycles. The number of phenols is 1. The van der Waals surface area contributed by atoms with E-state index < -0.39 is 5.82 Å². The number of carbonyl (C=O) groups is 3. The summed E-state index contributed by atoms with van der Waals surface area (Å²) < 4.78 is 36.9. The van der Waals surface area contributed by atoms with Gasteiger partial charge in [-0.2, -0.15) is 5.26 Å². The van der Waals surface area contributed by atoms with Gasteiger partial charge in [-0.15, -0.1) is 0 Å². The van der Waals surface area contributed by atoms with Crippen LogP contribution >= 0.6 is 0 Å². The number of carbonyl (C=O) groups excluding carboxylic acids is 3. The molecule has 1 atom stereocenters. The zero-order valence-electron chi connectivity index (χ0n) is 42.0. The predicted molar refractivity (Wildman–Crippen MR) is 274 cm³/mol. The lowest BCUT2D eigenvalue weighted by Gasteiger charge is -2.38. The van der Waals surface area contributed by atoms with Gasteiger partial charge in [0.2, 0.25) is 5.91 Å². The van der Waals surface area contributed by atoms with Crippen molar-refractivity contribution in [2.24, 2.45) is 20.0 Å². The molecule has 10 rings (SSSR count). The van der Waals surface area contributed by atoms with Crippen LogP contribution in [0.2, 0.25) is 0 Å². The Kier molecular flexibility index (Phi) is 14.2. The van der Waals surface area contributed by atoms with Gasteiger partial charge in [-0.3, -0.25) is 24.2 Å². The molecule has 15 heteroatoms. The van der Waals surface area contributed by atoms with Gasteiger partial charge in [0.15, 0.2) is 0 Å². The van der Waals surface area contributed by atoms with Gasteiger partial charge in [-0.05, 0) is 128 Å². The first-order valence-electron chi connectivity index (χ1n) is 25.3. The minimum Gasteiger partial charge on any atom is -0.508 e. The molecule has 73 heavy (non-hydrogen) atoms. The Morgan fingerprint density at radius 2 is 1.60 bits per heavy atom. The van der Waals surface area contributed by atoms with Crippen molar-refractivity contribution in [1.82, 2.24) is 23.8 Å². The van der Waals surface area contributed by atoms with Crippen LogP contribution in [0, 0.1) is 36.9 Å². The first-order chi connectivity index (χ1) is 35.3. The fourth-order valence-corrected chi connectivity index (χ4v) is 10.4. The molecule has 0 bridgehead atoms. The Morgan fingerprint density at radius 1 is 0.836 bits per heavy atom. The van der Waals surface area contributed by atoms with Crippen molar-refractivity contribution in [3.63, 3.8) is 0 Å². The van der Waals surface area contributed by atoms with Crippen LogP contribution < -0.4 is 9.64 Å². The summed E-state index contributed by atoms with van der Waals surface area (Å²) in [5.74, 6) is -0.256. The molecule has 5 heterocycles. The minimum atomic E-state index is -0.501. The Bertz CT molecular complexity index is 3110. The normalized spacial score (nSPS) is 16.7. The second kappa shape index (κ2) is 21.1. The third kappa shape index (κ3) is 10.4. The number of phenolic OH excluding ortho intramolecular Hbond substituents is 1. The molecule has 0 unspecified atom stereocenters. The SMILES string of the molecule is Cc1c(N(C(=O)c2cc(-c3cc4c(cc3C(=O)N3Cc5ccccc5C[C@H]3COCC3CC3)CN(C(=O)Cc3ccc(OCCN5CCOCC5)cc3F)CC4)n(C)c2C)c2ccc(O)cc2)cc(C#N)n1C. The lowest BCUT2D eigenvalue weighted by atomic mass is 9.89. The molecule has 1 saturated heterocycles. The van der Waals surface area contributed by atoms with E-state index in [1.54, 1.807) is 51.7 Å². The van der Waals surface area contributed by atoms with Gasteiger partial charge in [-0.25, -0.2) is 4.39 Å². The maximum Gasteiger partial charge on any atom is 0.264 e. The summed E-state index contributed by atoms with van der Waals surface area (Å²) in [6.45, 7) is 9.96. The van der Waals surface area contributed by atoms with E-state index in [1.165, 1.54) is 23.8 Å². The van der Waals surface area contributed by atoms with Gasteiger partial charge in [0.1, 0.15) is 35.7 Å². The van der Waals surface area contributed by atoms with E-state index >= 15 is 14.0 Å². The molecule has 6 aromatic rings. The Balaban J connectivity index is 0.982. The number of anilines is 2. The van der Waals surface area contributed by atoms with Crippen molar-refractivity contribution < 1.29 is 38.1 Å². The molecule has 378 valence electrons. The number of fused-ring (bicyclic) bond motifs is 2. The van der Waals surface area contributed by atoms with Crippen molar-refractivity contribution in [3.05, 3.63) is 153 Å². The van der Waals surface area contributed by atoms with E-state index in [-0.39, 0.29) is 48.0 Å². The maximum absolute atomic E-state index is 15.6. The maximum atomic E-state index is 15.6. The number of ether oxygens (including phenoxy) is 3. The molecule has 1 N–H and O–H groups in total. The van der Waals surface area contributed by atoms with Crippen LogP contribution in [0.25, 0.3) is 11.3 Å². The number of rotatable bonds is 15. The summed E-state index contributed by atoms with van der Waals surface area (Å²) >= 11 is 0. The second-order valence-corrected chi connectivity index (χ2v) is 19.9. The average molecular weight is 988 g/mol. The minimum absolute atomic E-state index is 0.0446. The molecule has 4 aliphatic rings. The van der Waals surface area contributed by atoms with Crippen LogP contribution in [-0.4, -0.2) is 112 Å². The highest BCUT2D eigenvalue weighted by Gasteiger charge is 2.36. The number of aromatic hydroxyl groups is 1. The van der Waals surface area contributed by atoms with E-state index in [4.69, 9.17) is 14.2 Å². The van der Waals surface area contributed by atoms with Crippen LogP contribution in [0.1, 0.15) is 78.5 Å². The van der Waals surface area contributed by atoms with E-state index in [1.807, 2.05) is 60.7 Å². The van der Waals surface area contributed by atoms with Crippen LogP contribution in [0.4, 0.5) is 15.8 Å². The Hall–Kier alpha value is -7.25. The molecule has 2 aromatic heterocycles. The van der Waals surface area contributed by atoms with Crippen molar-refractivity contribution in [1.29, 1.82) is 5.26 Å². The topological polar surface area (TPSA) is 146 Å². The lowest BCUT2D eigenvalue weighted by Crippen LogP contribution is -2.47. The first kappa shape index (κ1) is 49.3. The second-order valence-electron chi connectivity index (χ2n) is 19.9. The standard InChI is InChI=1S/C58H62FN7O7/c1-37-50(58(70)66(45-12-14-48(67)15-13-45)54-29-46(32-60)61(3)38(54)2)31-55(62(37)4)51-26-41-17-18-64(56(68)28-42-11-16-49(30-53(42)59)73-24-21-63-19-22-71-23-20-63)33-44(41)27-52(51)57(69)65-34-43-8-6-5-7-40(43)25-47(65)36-72-35-39-9-10-39/h5-8,11-16,26-27,29-31,39,47,67H,9-10,17-25,28,33-36H2,1-4H3/t47-/m0/s1. The average Bonchev–Trinajstić information content (AvgIpc) is 4.13. The van der Waals surface area contributed by atoms with Gasteiger partial charge in [0.05, 0.1) is 43.5 Å². The summed E-state index contributed by atoms with van der Waals surface area (Å²) in [4.78, 5) is 52.3. The summed E-state index contributed by atoms with van der Waals surface area (Å²) in [6.07, 6.45) is 3.30. The molecular formula is C58H62FN7O7. The van der Waals surface area contributed by atoms with E-state index in [9.17, 15) is 15.2 Å². The lowest BCUT2D eigenvalue weighted by molar-refractivity contribution is -0.131. The predicted octanol–water partition coefficient (Wildman–Crippen LogP) is 8.17. The van der Waals surface area contributed by atoms with E-state index in [0.29, 0.717) is 128 Å². The smallest absolute Gasteiger partial charge is 0.264 e. The number of aromatic nitrogens is 2. The highest BCUT2D eigenvalue weighted by Crippen LogP contribution is 2.39. The van der Waals surface area contributed by atoms with E-state index in [0.717, 1.165) is 42.6 Å². The number of hydrogen-bond donors (Lipinski definition) is 1. The number of hydrogen-bond acceptors (Lipinski definition) is 9. The molecule has 4 aromatic carbocycles. The highest BCUT2D eigenvalue weighted by molar-refractivity contribution is 6.13. The van der Waals surface area contributed by atoms with Crippen molar-refractivity contribution >= 4 is 29.1 Å². The van der Waals surface area contributed by atoms with Crippen LogP contribution in [0.15, 0.2) is 91.0 Å². The molecule has 1 saturated carbocycles. The Labute approximate surface area is 425 Å². The monoisotopic (exact) mass is 987 g/mol. The quantitative estimate of drug-likeness (QED) is 0.108. The largest absolute Gasteiger partial charge is 0.508 e. The van der Waals surface area contributed by atoms with Gasteiger partial charge in [-0.1, -0.05) is 30.3 Å². The van der Waals surface area contributed by atoms with Crippen LogP contribution in [0.5, 0.6) is 11.5 Å². The third-order valence-electron chi connectivity index (χ3n) is 15.3. The number of benzene rings is 4. The number of halogens is 1. The summed E-state index contributed by atoms with van der Waals surface area (Å²) in [6, 6.07) is 28.7. The molecule has 0 radical (unpaired) electrons. The van der Waals surface area contributed by atoms with Crippen LogP contribution in [0.3, 0.4) is 0 Å². The number of nitrogens with zero attached hydrogens (tertiary/aromatic N) is 7. The summed E-state index contributed by atoms with van der Waals surface area (Å²) in [5, 5.41) is 20.2. The highest BCUT2D eigenvalue weighted by atomic mass is 19.1. The number of morpholine rings is 1. The molecule has 14 nitrogen and oxygen atoms in total. The molecule has 3 amide bonds. The van der Waals surface area contributed by atoms with E-state index in [2.05, 4.69) is 23.1 Å². The van der Waals surface area contributed by atoms with Gasteiger partial charge in [0.25, 0.3) is 11.8 Å². The summed E-state index contributed by atoms with van der Waals surface area (Å²) in [5.41, 5.74) is 9.20. The number of amides is 3. The van der Waals surface area contributed by atoms with Crippen LogP contribution in [-0.2, 0) is 60.7 Å². The van der Waals surface area contributed by atoms with Crippen molar-refractivity contribution in [2.45, 2.75) is 65.1 Å². The zero-order valence-corrected chi connectivity index (χ0v) is 42.0. The van der Waals surface area contributed by atoms with Gasteiger partial charge >= 0.3 is 0 Å². The Morgan fingerprint density at radius 3 is 2.33 bits per heavy atom. The summed E-state index contributed by atoms with van der Waals surface area (Å²) in [7, 11) is 3.66. The third-order valence-corrected chi connectivity index (χ3v) is 15.3. The van der Waals surface area contributed by atoms with Gasteiger partial charge < -0.3 is 38.3 Å². The first-order valence-corrected chi connectivity index (χ1v) is 25.3. The van der Waals surface area contributed by atoms with Crippen molar-refractivity contribution in [2.75, 3.05) is 64.1 Å². The fourth-order valence-electron chi connectivity index (χ4n) is 10.4. The molecule has 2 fully saturated rings. The molecule has 1 aliphatic carbocycles. The van der Waals surface area contributed by atoms with Gasteiger partial charge in [0, 0.05) is 99.9 Å². The van der Waals surface area contributed by atoms with Crippen molar-refractivity contribution in [3.8, 4) is 28.8 Å². The molecular weight excluding hydrogens is 926 g/mol. The zero-order chi connectivity index (χ0) is 50.9. The fraction of sp³-hybridized carbons (Fsp3) is 0.379. The molecule has 0 spiro atoms. The number of nitriles is 1.